The summed E-state index contributed by atoms with van der Waals surface area (Å²) in [7, 11) is 1.64. The number of amides is 2. The zero-order valence-corrected chi connectivity index (χ0v) is 16.2. The van der Waals surface area contributed by atoms with Crippen molar-refractivity contribution in [3.05, 3.63) is 65.0 Å². The Kier molecular flexibility index (Phi) is 7.60. The van der Waals surface area contributed by atoms with Gasteiger partial charge in [0.1, 0.15) is 0 Å². The molecule has 1 N–H and O–H groups in total. The number of benzene rings is 1. The van der Waals surface area contributed by atoms with Crippen molar-refractivity contribution in [1.82, 2.24) is 15.2 Å². The van der Waals surface area contributed by atoms with Gasteiger partial charge in [0.25, 0.3) is 0 Å². The molecule has 26 heavy (non-hydrogen) atoms. The molecule has 1 aromatic heterocycles. The van der Waals surface area contributed by atoms with E-state index in [1.807, 2.05) is 18.2 Å². The smallest absolute Gasteiger partial charge is 0.318 e. The highest BCUT2D eigenvalue weighted by atomic mass is 16.5. The molecule has 0 unspecified atom stereocenters. The van der Waals surface area contributed by atoms with Crippen molar-refractivity contribution in [2.45, 2.75) is 39.8 Å². The summed E-state index contributed by atoms with van der Waals surface area (Å²) in [5, 5.41) is 3.18. The van der Waals surface area contributed by atoms with Gasteiger partial charge < -0.3 is 15.0 Å². The minimum absolute atomic E-state index is 0.0168. The first-order chi connectivity index (χ1) is 12.5. The number of aryl methyl sites for hydroxylation is 2. The number of ether oxygens (including phenoxy) is 1. The number of hydrogen-bond donors (Lipinski definition) is 1. The van der Waals surface area contributed by atoms with Crippen LogP contribution in [0.25, 0.3) is 0 Å². The zero-order valence-electron chi connectivity index (χ0n) is 16.2. The third-order valence-corrected chi connectivity index (χ3v) is 4.44. The maximum absolute atomic E-state index is 12.9. The molecule has 0 fully saturated rings. The van der Waals surface area contributed by atoms with Crippen LogP contribution in [-0.4, -0.2) is 36.2 Å². The van der Waals surface area contributed by atoms with Crippen LogP contribution < -0.4 is 5.32 Å². The Hall–Kier alpha value is -2.40. The van der Waals surface area contributed by atoms with Crippen LogP contribution >= 0.6 is 0 Å². The number of aromatic nitrogens is 1. The van der Waals surface area contributed by atoms with Gasteiger partial charge in [0.15, 0.2) is 0 Å². The van der Waals surface area contributed by atoms with E-state index in [1.165, 1.54) is 11.1 Å². The van der Waals surface area contributed by atoms with Crippen molar-refractivity contribution in [3.8, 4) is 0 Å². The number of urea groups is 1. The van der Waals surface area contributed by atoms with Gasteiger partial charge in [0.2, 0.25) is 0 Å². The van der Waals surface area contributed by atoms with Gasteiger partial charge in [0, 0.05) is 19.9 Å². The fraction of sp³-hybridized carbons (Fsp3) is 0.429. The summed E-state index contributed by atoms with van der Waals surface area (Å²) in [5.41, 5.74) is 4.45. The number of pyridine rings is 1. The number of hydrogen-bond acceptors (Lipinski definition) is 3. The predicted molar refractivity (Wildman–Crippen MR) is 104 cm³/mol. The van der Waals surface area contributed by atoms with Gasteiger partial charge in [-0.05, 0) is 43.5 Å². The van der Waals surface area contributed by atoms with Crippen molar-refractivity contribution in [3.63, 3.8) is 0 Å². The lowest BCUT2D eigenvalue weighted by Crippen LogP contribution is -2.43. The lowest BCUT2D eigenvalue weighted by Gasteiger charge is -2.27. The molecular weight excluding hydrogens is 326 g/mol. The lowest BCUT2D eigenvalue weighted by molar-refractivity contribution is 0.144. The monoisotopic (exact) mass is 355 g/mol. The first-order valence-electron chi connectivity index (χ1n) is 9.06. The molecule has 0 spiro atoms. The average molecular weight is 355 g/mol. The molecule has 1 atom stereocenters. The molecule has 1 heterocycles. The van der Waals surface area contributed by atoms with Crippen molar-refractivity contribution in [1.29, 1.82) is 0 Å². The highest BCUT2D eigenvalue weighted by Crippen LogP contribution is 2.22. The maximum atomic E-state index is 12.9. The number of nitrogens with zero attached hydrogens (tertiary/aromatic N) is 2. The molecule has 0 radical (unpaired) electrons. The van der Waals surface area contributed by atoms with Crippen LogP contribution in [-0.2, 0) is 11.3 Å². The van der Waals surface area contributed by atoms with E-state index >= 15 is 0 Å². The topological polar surface area (TPSA) is 54.5 Å². The second-order valence-electron chi connectivity index (χ2n) is 6.51. The van der Waals surface area contributed by atoms with E-state index in [0.29, 0.717) is 19.7 Å². The van der Waals surface area contributed by atoms with E-state index < -0.39 is 0 Å². The van der Waals surface area contributed by atoms with Gasteiger partial charge >= 0.3 is 6.03 Å². The largest absolute Gasteiger partial charge is 0.383 e. The summed E-state index contributed by atoms with van der Waals surface area (Å²) < 4.78 is 5.17. The third kappa shape index (κ3) is 5.56. The van der Waals surface area contributed by atoms with Crippen molar-refractivity contribution in [2.75, 3.05) is 20.3 Å². The van der Waals surface area contributed by atoms with Crippen LogP contribution in [0.2, 0.25) is 0 Å². The quantitative estimate of drug-likeness (QED) is 0.778. The summed E-state index contributed by atoms with van der Waals surface area (Å²) in [6.45, 7) is 7.72. The molecule has 0 saturated heterocycles. The number of methoxy groups -OCH3 is 1. The van der Waals surface area contributed by atoms with Crippen molar-refractivity contribution >= 4 is 6.03 Å². The second-order valence-corrected chi connectivity index (χ2v) is 6.51. The van der Waals surface area contributed by atoms with E-state index in [-0.39, 0.29) is 12.1 Å². The molecule has 2 amide bonds. The number of carbonyl (C=O) groups excluding carboxylic acids is 1. The molecule has 0 aliphatic carbocycles. The lowest BCUT2D eigenvalue weighted by atomic mass is 9.97. The molecule has 5 heteroatoms. The molecule has 2 rings (SSSR count). The number of nitrogens with one attached hydrogen (secondary N) is 1. The molecule has 0 aliphatic heterocycles. The highest BCUT2D eigenvalue weighted by Gasteiger charge is 2.20. The fourth-order valence-electron chi connectivity index (χ4n) is 3.00. The standard InChI is InChI=1S/C21H29N3O2/c1-5-20(19-10-9-16(2)14-17(19)3)23-21(25)24(12-13-26-4)15-18-8-6-7-11-22-18/h6-11,14,20H,5,12-13,15H2,1-4H3,(H,23,25)/t20-/m1/s1. The van der Waals surface area contributed by atoms with Crippen molar-refractivity contribution in [2.24, 2.45) is 0 Å². The Balaban J connectivity index is 2.12. The second kappa shape index (κ2) is 9.92. The van der Waals surface area contributed by atoms with Gasteiger partial charge in [-0.15, -0.1) is 0 Å². The van der Waals surface area contributed by atoms with E-state index in [4.69, 9.17) is 4.74 Å². The predicted octanol–water partition coefficient (Wildman–Crippen LogP) is 4.01. The molecular formula is C21H29N3O2. The molecule has 140 valence electrons. The molecule has 0 saturated carbocycles. The van der Waals surface area contributed by atoms with Crippen LogP contribution in [0.3, 0.4) is 0 Å². The summed E-state index contributed by atoms with van der Waals surface area (Å²) in [5.74, 6) is 0. The Morgan fingerprint density at radius 2 is 2.08 bits per heavy atom. The number of carbonyl (C=O) groups is 1. The maximum Gasteiger partial charge on any atom is 0.318 e. The van der Waals surface area contributed by atoms with Gasteiger partial charge in [-0.3, -0.25) is 4.98 Å². The summed E-state index contributed by atoms with van der Waals surface area (Å²) in [6.07, 6.45) is 2.57. The number of rotatable bonds is 8. The Morgan fingerprint density at radius 3 is 2.69 bits per heavy atom. The molecule has 0 aliphatic rings. The van der Waals surface area contributed by atoms with E-state index in [1.54, 1.807) is 18.2 Å². The SMILES string of the molecule is CC[C@@H](NC(=O)N(CCOC)Cc1ccccn1)c1ccc(C)cc1C. The summed E-state index contributed by atoms with van der Waals surface area (Å²) in [6, 6.07) is 12.0. The first kappa shape index (κ1) is 19.9. The Morgan fingerprint density at radius 1 is 1.27 bits per heavy atom. The fourth-order valence-corrected chi connectivity index (χ4v) is 3.00. The Labute approximate surface area is 156 Å². The third-order valence-electron chi connectivity index (χ3n) is 4.44. The first-order valence-corrected chi connectivity index (χ1v) is 9.06. The average Bonchev–Trinajstić information content (AvgIpc) is 2.64. The Bertz CT molecular complexity index is 704. The van der Waals surface area contributed by atoms with Crippen molar-refractivity contribution < 1.29 is 9.53 Å². The van der Waals surface area contributed by atoms with Crippen LogP contribution in [0.15, 0.2) is 42.6 Å². The molecule has 1 aromatic carbocycles. The minimum atomic E-state index is -0.0977. The van der Waals surface area contributed by atoms with Gasteiger partial charge in [-0.1, -0.05) is 36.8 Å². The summed E-state index contributed by atoms with van der Waals surface area (Å²) >= 11 is 0. The molecule has 0 bridgehead atoms. The normalized spacial score (nSPS) is 11.8. The van der Waals surface area contributed by atoms with Crippen LogP contribution in [0, 0.1) is 13.8 Å². The van der Waals surface area contributed by atoms with Gasteiger partial charge in [-0.2, -0.15) is 0 Å². The zero-order chi connectivity index (χ0) is 18.9. The van der Waals surface area contributed by atoms with Gasteiger partial charge in [0.05, 0.1) is 24.9 Å². The van der Waals surface area contributed by atoms with E-state index in [2.05, 4.69) is 49.3 Å². The molecule has 2 aromatic rings. The van der Waals surface area contributed by atoms with Gasteiger partial charge in [-0.25, -0.2) is 4.79 Å². The minimum Gasteiger partial charge on any atom is -0.383 e. The van der Waals surface area contributed by atoms with E-state index in [0.717, 1.165) is 17.7 Å². The van der Waals surface area contributed by atoms with Crippen LogP contribution in [0.4, 0.5) is 4.79 Å². The van der Waals surface area contributed by atoms with Crippen LogP contribution in [0.1, 0.15) is 41.8 Å². The van der Waals surface area contributed by atoms with E-state index in [9.17, 15) is 4.79 Å². The van der Waals surface area contributed by atoms with Crippen LogP contribution in [0.5, 0.6) is 0 Å². The summed E-state index contributed by atoms with van der Waals surface area (Å²) in [4.78, 5) is 19.0. The highest BCUT2D eigenvalue weighted by molar-refractivity contribution is 5.74. The molecule has 5 nitrogen and oxygen atoms in total.